The molecule has 0 unspecified atom stereocenters. The third-order valence-corrected chi connectivity index (χ3v) is 2.59. The fourth-order valence-electron chi connectivity index (χ4n) is 1.55. The molecule has 1 amide bonds. The summed E-state index contributed by atoms with van der Waals surface area (Å²) in [5, 5.41) is 5.54. The number of carbonyl (C=O) groups is 1. The quantitative estimate of drug-likeness (QED) is 0.772. The minimum Gasteiger partial charge on any atom is -0.433 e. The molecule has 0 spiro atoms. The molecule has 0 bridgehead atoms. The second-order valence-corrected chi connectivity index (χ2v) is 4.76. The third kappa shape index (κ3) is 6.36. The first kappa shape index (κ1) is 16.2. The first-order valence-electron chi connectivity index (χ1n) is 6.53. The Morgan fingerprint density at radius 1 is 1.30 bits per heavy atom. The Hall–Kier alpha value is -1.85. The van der Waals surface area contributed by atoms with E-state index in [1.807, 2.05) is 0 Å². The van der Waals surface area contributed by atoms with E-state index in [1.165, 1.54) is 6.07 Å². The van der Waals surface area contributed by atoms with Crippen molar-refractivity contribution < 1.29 is 18.3 Å². The molecule has 0 aromatic heterocycles. The molecule has 0 aliphatic rings. The summed E-state index contributed by atoms with van der Waals surface area (Å²) in [6.45, 7) is 1.87. The van der Waals surface area contributed by atoms with Crippen LogP contribution in [-0.4, -0.2) is 25.6 Å². The molecule has 1 aromatic rings. The topological polar surface area (TPSA) is 50.4 Å². The van der Waals surface area contributed by atoms with Crippen molar-refractivity contribution in [2.75, 3.05) is 18.4 Å². The van der Waals surface area contributed by atoms with Gasteiger partial charge in [-0.15, -0.1) is 0 Å². The van der Waals surface area contributed by atoms with E-state index in [9.17, 15) is 13.6 Å². The predicted octanol–water partition coefficient (Wildman–Crippen LogP) is 2.86. The Kier molecular flexibility index (Phi) is 6.76. The van der Waals surface area contributed by atoms with Crippen molar-refractivity contribution in [3.8, 4) is 5.75 Å². The van der Waals surface area contributed by atoms with Crippen LogP contribution in [0.4, 0.5) is 14.5 Å². The van der Waals surface area contributed by atoms with Gasteiger partial charge in [0.2, 0.25) is 5.91 Å². The van der Waals surface area contributed by atoms with Gasteiger partial charge in [0.05, 0.1) is 12.2 Å². The summed E-state index contributed by atoms with van der Waals surface area (Å²) in [4.78, 5) is 11.6. The van der Waals surface area contributed by atoms with Gasteiger partial charge in [-0.25, -0.2) is 0 Å². The minimum absolute atomic E-state index is 0.0156. The standard InChI is InChI=1S/C14H20F2N2O2/c1-10(2)7-8-17-13(19)9-18-11-5-3-4-6-12(11)20-14(15)16/h3-6,10,14,18H,7-9H2,1-2H3,(H,17,19). The Morgan fingerprint density at radius 3 is 2.65 bits per heavy atom. The minimum atomic E-state index is -2.89. The van der Waals surface area contributed by atoms with Gasteiger partial charge in [-0.2, -0.15) is 8.78 Å². The van der Waals surface area contributed by atoms with Gasteiger partial charge in [-0.05, 0) is 24.5 Å². The summed E-state index contributed by atoms with van der Waals surface area (Å²) in [7, 11) is 0. The molecule has 0 fully saturated rings. The van der Waals surface area contributed by atoms with Gasteiger partial charge >= 0.3 is 6.61 Å². The maximum atomic E-state index is 12.2. The molecular weight excluding hydrogens is 266 g/mol. The molecular formula is C14H20F2N2O2. The van der Waals surface area contributed by atoms with Crippen LogP contribution in [0.25, 0.3) is 0 Å². The second kappa shape index (κ2) is 8.35. The molecule has 6 heteroatoms. The molecule has 20 heavy (non-hydrogen) atoms. The van der Waals surface area contributed by atoms with Gasteiger partial charge in [0, 0.05) is 6.54 Å². The summed E-state index contributed by atoms with van der Waals surface area (Å²) in [6, 6.07) is 6.27. The van der Waals surface area contributed by atoms with Crippen molar-refractivity contribution >= 4 is 11.6 Å². The van der Waals surface area contributed by atoms with Crippen LogP contribution in [0.1, 0.15) is 20.3 Å². The van der Waals surface area contributed by atoms with Gasteiger partial charge in [0.25, 0.3) is 0 Å². The van der Waals surface area contributed by atoms with E-state index in [0.29, 0.717) is 18.2 Å². The molecule has 2 N–H and O–H groups in total. The summed E-state index contributed by atoms with van der Waals surface area (Å²) < 4.78 is 28.8. The van der Waals surface area contributed by atoms with E-state index in [-0.39, 0.29) is 18.2 Å². The number of anilines is 1. The lowest BCUT2D eigenvalue weighted by atomic mass is 10.1. The number of hydrogen-bond acceptors (Lipinski definition) is 3. The first-order chi connectivity index (χ1) is 9.49. The van der Waals surface area contributed by atoms with Crippen LogP contribution in [0.15, 0.2) is 24.3 Å². The zero-order valence-corrected chi connectivity index (χ0v) is 11.7. The Bertz CT molecular complexity index is 425. The van der Waals surface area contributed by atoms with E-state index in [4.69, 9.17) is 0 Å². The molecule has 0 aliphatic carbocycles. The van der Waals surface area contributed by atoms with Crippen molar-refractivity contribution in [2.24, 2.45) is 5.92 Å². The SMILES string of the molecule is CC(C)CCNC(=O)CNc1ccccc1OC(F)F. The van der Waals surface area contributed by atoms with Crippen LogP contribution in [-0.2, 0) is 4.79 Å². The van der Waals surface area contributed by atoms with Crippen LogP contribution < -0.4 is 15.4 Å². The zero-order chi connectivity index (χ0) is 15.0. The maximum absolute atomic E-state index is 12.2. The molecule has 1 aromatic carbocycles. The highest BCUT2D eigenvalue weighted by Gasteiger charge is 2.09. The highest BCUT2D eigenvalue weighted by molar-refractivity contribution is 5.81. The zero-order valence-electron chi connectivity index (χ0n) is 11.7. The second-order valence-electron chi connectivity index (χ2n) is 4.76. The summed E-state index contributed by atoms with van der Waals surface area (Å²) in [5.74, 6) is 0.360. The molecule has 1 rings (SSSR count). The summed E-state index contributed by atoms with van der Waals surface area (Å²) in [6.07, 6.45) is 0.900. The highest BCUT2D eigenvalue weighted by atomic mass is 19.3. The van der Waals surface area contributed by atoms with Crippen LogP contribution >= 0.6 is 0 Å². The molecule has 0 saturated carbocycles. The number of nitrogens with one attached hydrogen (secondary N) is 2. The molecule has 0 radical (unpaired) electrons. The lowest BCUT2D eigenvalue weighted by molar-refractivity contribution is -0.119. The molecule has 0 heterocycles. The van der Waals surface area contributed by atoms with E-state index in [2.05, 4.69) is 29.2 Å². The van der Waals surface area contributed by atoms with Crippen LogP contribution in [0, 0.1) is 5.92 Å². The van der Waals surface area contributed by atoms with Crippen molar-refractivity contribution in [1.82, 2.24) is 5.32 Å². The fraction of sp³-hybridized carbons (Fsp3) is 0.500. The van der Waals surface area contributed by atoms with Gasteiger partial charge in [0.15, 0.2) is 0 Å². The molecule has 0 atom stereocenters. The number of rotatable bonds is 8. The predicted molar refractivity (Wildman–Crippen MR) is 74.0 cm³/mol. The number of amides is 1. The first-order valence-corrected chi connectivity index (χ1v) is 6.53. The van der Waals surface area contributed by atoms with Gasteiger partial charge < -0.3 is 15.4 Å². The van der Waals surface area contributed by atoms with Crippen molar-refractivity contribution in [1.29, 1.82) is 0 Å². The number of carbonyl (C=O) groups excluding carboxylic acids is 1. The summed E-state index contributed by atoms with van der Waals surface area (Å²) >= 11 is 0. The average molecular weight is 286 g/mol. The Morgan fingerprint density at radius 2 is 2.00 bits per heavy atom. The molecule has 4 nitrogen and oxygen atoms in total. The van der Waals surface area contributed by atoms with E-state index in [1.54, 1.807) is 18.2 Å². The number of para-hydroxylation sites is 2. The van der Waals surface area contributed by atoms with Gasteiger partial charge in [-0.3, -0.25) is 4.79 Å². The summed E-state index contributed by atoms with van der Waals surface area (Å²) in [5.41, 5.74) is 0.367. The van der Waals surface area contributed by atoms with Crippen LogP contribution in [0.2, 0.25) is 0 Å². The Labute approximate surface area is 117 Å². The van der Waals surface area contributed by atoms with Gasteiger partial charge in [0.1, 0.15) is 5.75 Å². The van der Waals surface area contributed by atoms with E-state index in [0.717, 1.165) is 6.42 Å². The number of ether oxygens (including phenoxy) is 1. The largest absolute Gasteiger partial charge is 0.433 e. The lowest BCUT2D eigenvalue weighted by Gasteiger charge is -2.12. The molecule has 0 aliphatic heterocycles. The highest BCUT2D eigenvalue weighted by Crippen LogP contribution is 2.25. The monoisotopic (exact) mass is 286 g/mol. The van der Waals surface area contributed by atoms with Crippen molar-refractivity contribution in [3.63, 3.8) is 0 Å². The van der Waals surface area contributed by atoms with Crippen molar-refractivity contribution in [2.45, 2.75) is 26.9 Å². The third-order valence-electron chi connectivity index (χ3n) is 2.59. The van der Waals surface area contributed by atoms with Crippen LogP contribution in [0.3, 0.4) is 0 Å². The lowest BCUT2D eigenvalue weighted by Crippen LogP contribution is -2.31. The maximum Gasteiger partial charge on any atom is 0.387 e. The number of benzene rings is 1. The normalized spacial score (nSPS) is 10.7. The average Bonchev–Trinajstić information content (AvgIpc) is 2.36. The van der Waals surface area contributed by atoms with Crippen molar-refractivity contribution in [3.05, 3.63) is 24.3 Å². The Balaban J connectivity index is 2.42. The van der Waals surface area contributed by atoms with E-state index >= 15 is 0 Å². The van der Waals surface area contributed by atoms with E-state index < -0.39 is 6.61 Å². The number of hydrogen-bond donors (Lipinski definition) is 2. The smallest absolute Gasteiger partial charge is 0.387 e. The van der Waals surface area contributed by atoms with Gasteiger partial charge in [-0.1, -0.05) is 26.0 Å². The fourth-order valence-corrected chi connectivity index (χ4v) is 1.55. The van der Waals surface area contributed by atoms with Crippen LogP contribution in [0.5, 0.6) is 5.75 Å². The molecule has 112 valence electrons. The number of alkyl halides is 2. The molecule has 0 saturated heterocycles. The number of halogens is 2.